The Hall–Kier alpha value is -0.340. The maximum atomic E-state index is 5.67. The highest BCUT2D eigenvalue weighted by atomic mass is 16.7. The van der Waals surface area contributed by atoms with E-state index in [1.165, 1.54) is 44.9 Å². The molecule has 0 aliphatic carbocycles. The zero-order valence-electron chi connectivity index (χ0n) is 10.5. The number of rotatable bonds is 9. The smallest absolute Gasteiger partial charge is 0.157 e. The number of hydrogen-bond donors (Lipinski definition) is 0. The second-order valence-corrected chi connectivity index (χ2v) is 4.51. The lowest BCUT2D eigenvalue weighted by molar-refractivity contribution is -0.162. The van der Waals surface area contributed by atoms with Crippen LogP contribution in [0.4, 0.5) is 0 Å². The molecule has 1 fully saturated rings. The van der Waals surface area contributed by atoms with Crippen molar-refractivity contribution in [2.45, 2.75) is 64.1 Å². The molecule has 1 aliphatic heterocycles. The van der Waals surface area contributed by atoms with Gasteiger partial charge >= 0.3 is 0 Å². The summed E-state index contributed by atoms with van der Waals surface area (Å²) >= 11 is 0. The van der Waals surface area contributed by atoms with Gasteiger partial charge in [-0.25, -0.2) is 0 Å². The lowest BCUT2D eigenvalue weighted by atomic mass is 10.2. The fourth-order valence-corrected chi connectivity index (χ4v) is 1.98. The van der Waals surface area contributed by atoms with Gasteiger partial charge in [0.05, 0.1) is 0 Å². The highest BCUT2D eigenvalue weighted by Crippen LogP contribution is 2.14. The zero-order valence-corrected chi connectivity index (χ0v) is 10.5. The molecule has 94 valence electrons. The van der Waals surface area contributed by atoms with Gasteiger partial charge in [0, 0.05) is 13.2 Å². The number of hydrogen-bond acceptors (Lipinski definition) is 2. The monoisotopic (exact) mass is 227 g/mol. The van der Waals surface area contributed by atoms with E-state index < -0.39 is 0 Å². The fourth-order valence-electron chi connectivity index (χ4n) is 1.98. The van der Waals surface area contributed by atoms with Crippen molar-refractivity contribution < 1.29 is 9.47 Å². The molecule has 0 radical (unpaired) electrons. The number of allylic oxidation sites excluding steroid dienone is 1. The van der Waals surface area contributed by atoms with Gasteiger partial charge in [-0.2, -0.15) is 0 Å². The van der Waals surface area contributed by atoms with E-state index in [4.69, 9.17) is 9.47 Å². The molecule has 0 amide bonds. The van der Waals surface area contributed by atoms with Gasteiger partial charge in [0.25, 0.3) is 0 Å². The van der Waals surface area contributed by atoms with Crippen molar-refractivity contribution in [3.63, 3.8) is 0 Å². The summed E-state index contributed by atoms with van der Waals surface area (Å²) in [5, 5.41) is 0. The van der Waals surface area contributed by atoms with Gasteiger partial charge in [0.1, 0.15) is 0 Å². The highest BCUT2D eigenvalue weighted by molar-refractivity contribution is 4.65. The molecular weight excluding hydrogens is 201 g/mol. The maximum absolute atomic E-state index is 5.67. The zero-order chi connectivity index (χ0) is 11.5. The summed E-state index contributed by atoms with van der Waals surface area (Å²) in [6, 6.07) is 0. The molecule has 1 atom stereocenters. The Morgan fingerprint density at radius 1 is 1.12 bits per heavy atom. The van der Waals surface area contributed by atoms with Crippen molar-refractivity contribution >= 4 is 0 Å². The maximum Gasteiger partial charge on any atom is 0.157 e. The van der Waals surface area contributed by atoms with Crippen LogP contribution in [-0.4, -0.2) is 19.5 Å². The van der Waals surface area contributed by atoms with E-state index in [9.17, 15) is 0 Å². The Labute approximate surface area is 100 Å². The summed E-state index contributed by atoms with van der Waals surface area (Å²) in [6.45, 7) is 5.47. The normalized spacial score (nSPS) is 20.9. The molecule has 1 heterocycles. The highest BCUT2D eigenvalue weighted by Gasteiger charge is 2.12. The molecule has 16 heavy (non-hydrogen) atoms. The van der Waals surface area contributed by atoms with Crippen LogP contribution in [0.1, 0.15) is 57.8 Å². The third-order valence-electron chi connectivity index (χ3n) is 2.99. The predicted octanol–water partition coefficient (Wildman–Crippen LogP) is 4.06. The first kappa shape index (κ1) is 13.7. The topological polar surface area (TPSA) is 18.5 Å². The first-order chi connectivity index (χ1) is 7.93. The van der Waals surface area contributed by atoms with E-state index in [1.807, 2.05) is 6.08 Å². The minimum Gasteiger partial charge on any atom is -0.353 e. The van der Waals surface area contributed by atoms with Crippen LogP contribution >= 0.6 is 0 Å². The van der Waals surface area contributed by atoms with Crippen molar-refractivity contribution in [2.75, 3.05) is 13.2 Å². The van der Waals surface area contributed by atoms with Crippen LogP contribution in [0.2, 0.25) is 0 Å². The predicted molar refractivity (Wildman–Crippen MR) is 67.4 cm³/mol. The van der Waals surface area contributed by atoms with Crippen molar-refractivity contribution in [1.82, 2.24) is 0 Å². The van der Waals surface area contributed by atoms with Crippen LogP contribution in [0, 0.1) is 0 Å². The first-order valence-electron chi connectivity index (χ1n) is 6.77. The quantitative estimate of drug-likeness (QED) is 0.336. The van der Waals surface area contributed by atoms with Crippen LogP contribution in [0.5, 0.6) is 0 Å². The van der Waals surface area contributed by atoms with Crippen molar-refractivity contribution in [2.24, 2.45) is 0 Å². The lowest BCUT2D eigenvalue weighted by Gasteiger charge is -2.22. The van der Waals surface area contributed by atoms with Gasteiger partial charge in [-0.3, -0.25) is 0 Å². The molecule has 0 aromatic rings. The van der Waals surface area contributed by atoms with Crippen LogP contribution in [0.25, 0.3) is 0 Å². The van der Waals surface area contributed by atoms with E-state index in [0.717, 1.165) is 26.1 Å². The molecule has 1 rings (SSSR count). The summed E-state index contributed by atoms with van der Waals surface area (Å²) < 4.78 is 11.2. The van der Waals surface area contributed by atoms with Gasteiger partial charge < -0.3 is 9.47 Å². The van der Waals surface area contributed by atoms with E-state index in [1.54, 1.807) is 0 Å². The third kappa shape index (κ3) is 7.02. The minimum atomic E-state index is 0.0921. The summed E-state index contributed by atoms with van der Waals surface area (Å²) in [6.07, 6.45) is 13.2. The van der Waals surface area contributed by atoms with Gasteiger partial charge in [0.2, 0.25) is 0 Å². The van der Waals surface area contributed by atoms with E-state index in [0.29, 0.717) is 0 Å². The Balaban J connectivity index is 1.78. The summed E-state index contributed by atoms with van der Waals surface area (Å²) in [5.74, 6) is 0. The standard InChI is InChI=1S/C14H26O2/c1-2-3-4-5-6-7-9-12-15-14-11-8-10-13-16-14/h2,14H,1,3-13H2/i4+1. The second-order valence-electron chi connectivity index (χ2n) is 4.51. The van der Waals surface area contributed by atoms with Crippen molar-refractivity contribution in [3.8, 4) is 0 Å². The van der Waals surface area contributed by atoms with Gasteiger partial charge in [-0.1, -0.05) is 25.3 Å². The van der Waals surface area contributed by atoms with Crippen LogP contribution in [0.15, 0.2) is 12.7 Å². The van der Waals surface area contributed by atoms with E-state index in [2.05, 4.69) is 6.58 Å². The number of unbranched alkanes of at least 4 members (excludes halogenated alkanes) is 5. The van der Waals surface area contributed by atoms with Crippen LogP contribution < -0.4 is 0 Å². The summed E-state index contributed by atoms with van der Waals surface area (Å²) in [7, 11) is 0. The fraction of sp³-hybridized carbons (Fsp3) is 0.857. The lowest BCUT2D eigenvalue weighted by Crippen LogP contribution is -2.22. The van der Waals surface area contributed by atoms with Crippen molar-refractivity contribution in [1.29, 1.82) is 0 Å². The molecule has 0 aromatic heterocycles. The van der Waals surface area contributed by atoms with Gasteiger partial charge in [-0.15, -0.1) is 6.58 Å². The largest absolute Gasteiger partial charge is 0.353 e. The Morgan fingerprint density at radius 3 is 2.69 bits per heavy atom. The molecule has 0 N–H and O–H groups in total. The van der Waals surface area contributed by atoms with Crippen LogP contribution in [-0.2, 0) is 9.47 Å². The molecule has 2 heteroatoms. The molecule has 0 bridgehead atoms. The summed E-state index contributed by atoms with van der Waals surface area (Å²) in [4.78, 5) is 0. The SMILES string of the molecule is C=CC[13CH2]CCCCCOC1CCCCO1. The molecule has 0 aromatic carbocycles. The van der Waals surface area contributed by atoms with Crippen LogP contribution in [0.3, 0.4) is 0 Å². The van der Waals surface area contributed by atoms with Gasteiger partial charge in [-0.05, 0) is 38.5 Å². The van der Waals surface area contributed by atoms with Gasteiger partial charge in [0.15, 0.2) is 6.29 Å². The molecule has 1 saturated heterocycles. The van der Waals surface area contributed by atoms with E-state index >= 15 is 0 Å². The minimum absolute atomic E-state index is 0.0921. The molecule has 2 nitrogen and oxygen atoms in total. The first-order valence-corrected chi connectivity index (χ1v) is 6.77. The molecular formula is C14H26O2. The Kier molecular flexibility index (Phi) is 8.45. The number of ether oxygens (including phenoxy) is 2. The van der Waals surface area contributed by atoms with E-state index in [-0.39, 0.29) is 6.29 Å². The average Bonchev–Trinajstić information content (AvgIpc) is 2.34. The Bertz CT molecular complexity index is 162. The average molecular weight is 227 g/mol. The molecule has 0 saturated carbocycles. The molecule has 1 unspecified atom stereocenters. The third-order valence-corrected chi connectivity index (χ3v) is 2.99. The van der Waals surface area contributed by atoms with Crippen molar-refractivity contribution in [3.05, 3.63) is 12.7 Å². The second kappa shape index (κ2) is 9.86. The molecule has 0 spiro atoms. The Morgan fingerprint density at radius 2 is 1.94 bits per heavy atom. The summed E-state index contributed by atoms with van der Waals surface area (Å²) in [5.41, 5.74) is 0. The molecule has 1 aliphatic rings.